The molecule has 26 heavy (non-hydrogen) atoms. The molecule has 0 nitrogen and oxygen atoms in total. The monoisotopic (exact) mass is 350 g/mol. The van der Waals surface area contributed by atoms with E-state index in [4.69, 9.17) is 0 Å². The van der Waals surface area contributed by atoms with Crippen LogP contribution in [0.2, 0.25) is 0 Å². The standard InChI is InChI=1S/C22H26.2C2H6/c1-13-7-9-17-15(11-13)19-20(21(17,3)4)16-12-14(2)8-10-18(16)22(19,5)6;2*1-2/h7-12,19-20H,1-6H3;2*1-2H3. The first-order valence-corrected chi connectivity index (χ1v) is 10.5. The Hall–Kier alpha value is -1.56. The molecule has 0 aromatic heterocycles. The lowest BCUT2D eigenvalue weighted by atomic mass is 9.72. The molecule has 2 unspecified atom stereocenters. The number of fused-ring (bicyclic) bond motifs is 5. The molecule has 2 aromatic carbocycles. The predicted octanol–water partition coefficient (Wildman–Crippen LogP) is 7.81. The summed E-state index contributed by atoms with van der Waals surface area (Å²) in [5, 5.41) is 0. The summed E-state index contributed by atoms with van der Waals surface area (Å²) >= 11 is 0. The molecule has 0 heterocycles. The van der Waals surface area contributed by atoms with Gasteiger partial charge in [-0.1, -0.05) is 103 Å². The summed E-state index contributed by atoms with van der Waals surface area (Å²) < 4.78 is 0. The molecule has 0 fully saturated rings. The van der Waals surface area contributed by atoms with Crippen LogP contribution in [0.15, 0.2) is 36.4 Å². The van der Waals surface area contributed by atoms with Gasteiger partial charge in [0.2, 0.25) is 0 Å². The molecule has 2 aliphatic rings. The molecule has 0 saturated heterocycles. The van der Waals surface area contributed by atoms with Crippen LogP contribution in [-0.4, -0.2) is 0 Å². The second-order valence-corrected chi connectivity index (χ2v) is 8.58. The first-order chi connectivity index (χ1) is 12.2. The molecule has 2 aliphatic carbocycles. The van der Waals surface area contributed by atoms with Gasteiger partial charge in [-0.05, 0) is 46.9 Å². The Balaban J connectivity index is 0.000000570. The Morgan fingerprint density at radius 2 is 0.885 bits per heavy atom. The molecule has 0 heteroatoms. The Bertz CT molecular complexity index is 709. The van der Waals surface area contributed by atoms with E-state index in [0.29, 0.717) is 11.8 Å². The lowest BCUT2D eigenvalue weighted by Crippen LogP contribution is -2.25. The summed E-state index contributed by atoms with van der Waals surface area (Å²) in [7, 11) is 0. The highest BCUT2D eigenvalue weighted by atomic mass is 14.6. The van der Waals surface area contributed by atoms with Crippen molar-refractivity contribution in [2.45, 2.75) is 91.9 Å². The SMILES string of the molecule is CC.CC.Cc1ccc2c(c1)C1C(c3cc(C)ccc3C1(C)C)C2(C)C. The maximum absolute atomic E-state index is 2.45. The Labute approximate surface area is 162 Å². The Morgan fingerprint density at radius 1 is 0.577 bits per heavy atom. The van der Waals surface area contributed by atoms with Gasteiger partial charge in [0.05, 0.1) is 0 Å². The van der Waals surface area contributed by atoms with E-state index in [2.05, 4.69) is 77.9 Å². The highest BCUT2D eigenvalue weighted by Crippen LogP contribution is 2.67. The maximum Gasteiger partial charge on any atom is 0.00103 e. The molecular weight excluding hydrogens is 312 g/mol. The van der Waals surface area contributed by atoms with Gasteiger partial charge in [-0.15, -0.1) is 0 Å². The topological polar surface area (TPSA) is 0 Å². The zero-order valence-corrected chi connectivity index (χ0v) is 18.6. The highest BCUT2D eigenvalue weighted by Gasteiger charge is 2.57. The van der Waals surface area contributed by atoms with E-state index in [1.165, 1.54) is 11.1 Å². The molecule has 0 bridgehead atoms. The number of hydrogen-bond donors (Lipinski definition) is 0. The fraction of sp³-hybridized carbons (Fsp3) is 0.538. The van der Waals surface area contributed by atoms with Crippen LogP contribution >= 0.6 is 0 Å². The van der Waals surface area contributed by atoms with Gasteiger partial charge in [-0.2, -0.15) is 0 Å². The van der Waals surface area contributed by atoms with Crippen molar-refractivity contribution in [1.82, 2.24) is 0 Å². The van der Waals surface area contributed by atoms with Crippen LogP contribution in [0.1, 0.15) is 101 Å². The van der Waals surface area contributed by atoms with Crippen molar-refractivity contribution >= 4 is 0 Å². The zero-order valence-electron chi connectivity index (χ0n) is 18.6. The molecule has 0 aliphatic heterocycles. The van der Waals surface area contributed by atoms with Crippen LogP contribution in [0.4, 0.5) is 0 Å². The van der Waals surface area contributed by atoms with Gasteiger partial charge < -0.3 is 0 Å². The van der Waals surface area contributed by atoms with Crippen LogP contribution in [0.3, 0.4) is 0 Å². The van der Waals surface area contributed by atoms with Crippen molar-refractivity contribution in [2.75, 3.05) is 0 Å². The van der Waals surface area contributed by atoms with Crippen molar-refractivity contribution in [3.05, 3.63) is 69.8 Å². The average Bonchev–Trinajstić information content (AvgIpc) is 2.99. The largest absolute Gasteiger partial charge is 0.0683 e. The quantitative estimate of drug-likeness (QED) is 0.454. The van der Waals surface area contributed by atoms with Crippen molar-refractivity contribution < 1.29 is 0 Å². The molecular formula is C26H38. The molecule has 0 amide bonds. The van der Waals surface area contributed by atoms with Crippen molar-refractivity contribution in [3.8, 4) is 0 Å². The van der Waals surface area contributed by atoms with Crippen molar-refractivity contribution in [3.63, 3.8) is 0 Å². The second kappa shape index (κ2) is 7.22. The minimum atomic E-state index is 0.212. The number of hydrogen-bond acceptors (Lipinski definition) is 0. The summed E-state index contributed by atoms with van der Waals surface area (Å²) in [6.07, 6.45) is 0. The Kier molecular flexibility index (Phi) is 5.76. The summed E-state index contributed by atoms with van der Waals surface area (Å²) in [6.45, 7) is 22.2. The first kappa shape index (κ1) is 20.7. The smallest absolute Gasteiger partial charge is 0.00103 e. The third-order valence-electron chi connectivity index (χ3n) is 6.36. The van der Waals surface area contributed by atoms with Gasteiger partial charge in [-0.25, -0.2) is 0 Å². The lowest BCUT2D eigenvalue weighted by Gasteiger charge is -2.31. The second-order valence-electron chi connectivity index (χ2n) is 8.58. The van der Waals surface area contributed by atoms with Crippen LogP contribution < -0.4 is 0 Å². The average molecular weight is 351 g/mol. The minimum Gasteiger partial charge on any atom is -0.0683 e. The molecule has 4 rings (SSSR count). The fourth-order valence-electron chi connectivity index (χ4n) is 5.36. The van der Waals surface area contributed by atoms with E-state index >= 15 is 0 Å². The third kappa shape index (κ3) is 2.82. The lowest BCUT2D eigenvalue weighted by molar-refractivity contribution is 0.349. The normalized spacial score (nSPS) is 22.8. The van der Waals surface area contributed by atoms with Gasteiger partial charge in [0.25, 0.3) is 0 Å². The third-order valence-corrected chi connectivity index (χ3v) is 6.36. The molecule has 0 N–H and O–H groups in total. The van der Waals surface area contributed by atoms with Crippen molar-refractivity contribution in [1.29, 1.82) is 0 Å². The van der Waals surface area contributed by atoms with E-state index in [1.807, 2.05) is 27.7 Å². The van der Waals surface area contributed by atoms with Gasteiger partial charge in [0, 0.05) is 11.8 Å². The maximum atomic E-state index is 2.45. The minimum absolute atomic E-state index is 0.212. The zero-order chi connectivity index (χ0) is 19.9. The van der Waals surface area contributed by atoms with Gasteiger partial charge in [0.1, 0.15) is 0 Å². The molecule has 0 saturated carbocycles. The fourth-order valence-corrected chi connectivity index (χ4v) is 5.36. The highest BCUT2D eigenvalue weighted by molar-refractivity contribution is 5.60. The van der Waals surface area contributed by atoms with Crippen molar-refractivity contribution in [2.24, 2.45) is 0 Å². The summed E-state index contributed by atoms with van der Waals surface area (Å²) in [5.74, 6) is 1.21. The van der Waals surface area contributed by atoms with E-state index in [9.17, 15) is 0 Å². The first-order valence-electron chi connectivity index (χ1n) is 10.5. The van der Waals surface area contributed by atoms with Crippen LogP contribution in [0.5, 0.6) is 0 Å². The van der Waals surface area contributed by atoms with Gasteiger partial charge in [-0.3, -0.25) is 0 Å². The van der Waals surface area contributed by atoms with Gasteiger partial charge in [0.15, 0.2) is 0 Å². The van der Waals surface area contributed by atoms with E-state index in [1.54, 1.807) is 22.3 Å². The van der Waals surface area contributed by atoms with E-state index in [-0.39, 0.29) is 10.8 Å². The number of aryl methyl sites for hydroxylation is 2. The summed E-state index contributed by atoms with van der Waals surface area (Å²) in [5.41, 5.74) is 9.51. The molecule has 0 radical (unpaired) electrons. The number of rotatable bonds is 0. The molecule has 0 spiro atoms. The predicted molar refractivity (Wildman–Crippen MR) is 117 cm³/mol. The van der Waals surface area contributed by atoms with Crippen LogP contribution in [-0.2, 0) is 10.8 Å². The van der Waals surface area contributed by atoms with E-state index < -0.39 is 0 Å². The van der Waals surface area contributed by atoms with E-state index in [0.717, 1.165) is 0 Å². The van der Waals surface area contributed by atoms with Gasteiger partial charge >= 0.3 is 0 Å². The summed E-state index contributed by atoms with van der Waals surface area (Å²) in [4.78, 5) is 0. The molecule has 142 valence electrons. The summed E-state index contributed by atoms with van der Waals surface area (Å²) in [6, 6.07) is 14.2. The Morgan fingerprint density at radius 3 is 1.19 bits per heavy atom. The van der Waals surface area contributed by atoms with Crippen LogP contribution in [0, 0.1) is 13.8 Å². The number of benzene rings is 2. The molecule has 2 atom stereocenters. The van der Waals surface area contributed by atoms with Crippen LogP contribution in [0.25, 0.3) is 0 Å². The molecule has 2 aromatic rings.